The molecular formula is C24H41N5O8SSi2. The number of aromatic nitrogens is 4. The normalized spacial score (nSPS) is 27.6. The van der Waals surface area contributed by atoms with Gasteiger partial charge in [0.15, 0.2) is 39.6 Å². The lowest BCUT2D eigenvalue weighted by Crippen LogP contribution is -2.59. The maximum absolute atomic E-state index is 12.9. The molecule has 0 unspecified atom stereocenters. The first kappa shape index (κ1) is 30.9. The second kappa shape index (κ2) is 9.47. The van der Waals surface area contributed by atoms with Gasteiger partial charge in [-0.05, 0) is 36.3 Å². The number of H-pyrrole nitrogens is 2. The minimum Gasteiger partial charge on any atom is -0.414 e. The standard InChI is InChI=1S/C24H41N5O8SSi2/c1-22(2,3)39(7,8)34-11-15-24(14(25)12-38(32,33)37-24)17(36-40(9,10)23(4,5)6)20(35-15)29-13-26-18-16(29)19(30)28-21(31)27-18/h12-13,15,17,20H,11,25H2,1-10H3,(H2,27,28,30,31)/t15-,17+,20-,24-/m1/s1. The number of nitrogens with zero attached hydrogens (tertiary/aromatic N) is 2. The van der Waals surface area contributed by atoms with Gasteiger partial charge in [0.2, 0.25) is 0 Å². The van der Waals surface area contributed by atoms with Gasteiger partial charge in [0.1, 0.15) is 12.2 Å². The van der Waals surface area contributed by atoms with Gasteiger partial charge in [-0.2, -0.15) is 8.42 Å². The van der Waals surface area contributed by atoms with Gasteiger partial charge in [-0.1, -0.05) is 41.5 Å². The molecule has 224 valence electrons. The van der Waals surface area contributed by atoms with Crippen molar-refractivity contribution in [1.29, 1.82) is 0 Å². The van der Waals surface area contributed by atoms with Crippen molar-refractivity contribution in [2.45, 2.75) is 102 Å². The molecular weight excluding hydrogens is 575 g/mol. The van der Waals surface area contributed by atoms with E-state index < -0.39 is 62.0 Å². The zero-order valence-corrected chi connectivity index (χ0v) is 27.6. The highest BCUT2D eigenvalue weighted by Crippen LogP contribution is 2.52. The second-order valence-corrected chi connectivity index (χ2v) is 24.5. The fourth-order valence-electron chi connectivity index (χ4n) is 4.39. The Morgan fingerprint density at radius 2 is 1.68 bits per heavy atom. The zero-order chi connectivity index (χ0) is 30.3. The van der Waals surface area contributed by atoms with Crippen LogP contribution in [0.15, 0.2) is 27.0 Å². The van der Waals surface area contributed by atoms with E-state index in [0.29, 0.717) is 0 Å². The fourth-order valence-corrected chi connectivity index (χ4v) is 7.89. The molecule has 2 aliphatic rings. The Kier molecular flexibility index (Phi) is 7.31. The van der Waals surface area contributed by atoms with Crippen LogP contribution in [-0.4, -0.2) is 69.0 Å². The molecule has 13 nitrogen and oxygen atoms in total. The third-order valence-electron chi connectivity index (χ3n) is 8.81. The largest absolute Gasteiger partial charge is 0.414 e. The van der Waals surface area contributed by atoms with E-state index in [1.807, 2.05) is 33.9 Å². The average Bonchev–Trinajstić information content (AvgIpc) is 3.37. The molecule has 4 rings (SSSR count). The summed E-state index contributed by atoms with van der Waals surface area (Å²) in [5.41, 5.74) is 3.31. The minimum absolute atomic E-state index is 0.0259. The molecule has 4 N–H and O–H groups in total. The molecule has 0 radical (unpaired) electrons. The van der Waals surface area contributed by atoms with Crippen LogP contribution in [0.2, 0.25) is 36.3 Å². The molecule has 2 aromatic heterocycles. The highest BCUT2D eigenvalue weighted by molar-refractivity contribution is 7.90. The van der Waals surface area contributed by atoms with Gasteiger partial charge < -0.3 is 19.3 Å². The fraction of sp³-hybridized carbons (Fsp3) is 0.708. The minimum atomic E-state index is -4.19. The maximum atomic E-state index is 12.9. The van der Waals surface area contributed by atoms with Crippen molar-refractivity contribution >= 4 is 37.9 Å². The first-order valence-corrected chi connectivity index (χ1v) is 20.4. The summed E-state index contributed by atoms with van der Waals surface area (Å²) in [6.45, 7) is 20.5. The van der Waals surface area contributed by atoms with E-state index in [1.165, 1.54) is 10.9 Å². The first-order valence-electron chi connectivity index (χ1n) is 13.1. The molecule has 16 heteroatoms. The van der Waals surface area contributed by atoms with E-state index >= 15 is 0 Å². The SMILES string of the molecule is CC(C)(C)[Si](C)(C)OC[C@H]1O[C@@H](n2cnc3[nH]c(=O)[nH]c(=O)c32)[C@H](O[Si](C)(C)C(C)(C)C)[C@]12OS(=O)(=O)C=C2N. The summed E-state index contributed by atoms with van der Waals surface area (Å²) in [5.74, 6) is 0. The summed E-state index contributed by atoms with van der Waals surface area (Å²) in [6, 6.07) is 0. The molecule has 4 atom stereocenters. The first-order chi connectivity index (χ1) is 18.0. The monoisotopic (exact) mass is 615 g/mol. The number of nitrogens with one attached hydrogen (secondary N) is 2. The van der Waals surface area contributed by atoms with E-state index in [-0.39, 0.29) is 33.5 Å². The third-order valence-corrected chi connectivity index (χ3v) is 18.8. The van der Waals surface area contributed by atoms with Crippen molar-refractivity contribution in [3.05, 3.63) is 38.3 Å². The third kappa shape index (κ3) is 5.07. The lowest BCUT2D eigenvalue weighted by molar-refractivity contribution is -0.0534. The van der Waals surface area contributed by atoms with Crippen molar-refractivity contribution < 1.29 is 26.2 Å². The molecule has 1 spiro atoms. The van der Waals surface area contributed by atoms with Crippen LogP contribution >= 0.6 is 0 Å². The lowest BCUT2D eigenvalue weighted by atomic mass is 9.89. The highest BCUT2D eigenvalue weighted by atomic mass is 32.2. The van der Waals surface area contributed by atoms with E-state index in [1.54, 1.807) is 0 Å². The van der Waals surface area contributed by atoms with Gasteiger partial charge in [-0.25, -0.2) is 14.0 Å². The van der Waals surface area contributed by atoms with Gasteiger partial charge in [0.05, 0.1) is 24.0 Å². The Balaban J connectivity index is 1.93. The number of fused-ring (bicyclic) bond motifs is 1. The highest BCUT2D eigenvalue weighted by Gasteiger charge is 2.67. The summed E-state index contributed by atoms with van der Waals surface area (Å²) < 4.78 is 52.9. The number of imidazole rings is 1. The summed E-state index contributed by atoms with van der Waals surface area (Å²) in [7, 11) is -9.18. The number of ether oxygens (including phenoxy) is 1. The van der Waals surface area contributed by atoms with Crippen molar-refractivity contribution in [2.24, 2.45) is 5.73 Å². The van der Waals surface area contributed by atoms with Crippen LogP contribution < -0.4 is 17.0 Å². The van der Waals surface area contributed by atoms with Crippen molar-refractivity contribution in [3.8, 4) is 0 Å². The zero-order valence-electron chi connectivity index (χ0n) is 24.7. The number of hydrogen-bond donors (Lipinski definition) is 3. The predicted octanol–water partition coefficient (Wildman–Crippen LogP) is 2.62. The Morgan fingerprint density at radius 1 is 1.07 bits per heavy atom. The summed E-state index contributed by atoms with van der Waals surface area (Å²) in [5, 5.41) is 0.458. The van der Waals surface area contributed by atoms with E-state index in [4.69, 9.17) is 23.5 Å². The average molecular weight is 616 g/mol. The topological polar surface area (TPSA) is 181 Å². The second-order valence-electron chi connectivity index (χ2n) is 13.6. The molecule has 1 saturated heterocycles. The maximum Gasteiger partial charge on any atom is 0.327 e. The summed E-state index contributed by atoms with van der Waals surface area (Å²) in [4.78, 5) is 33.7. The van der Waals surface area contributed by atoms with E-state index in [2.05, 4.69) is 48.8 Å². The van der Waals surface area contributed by atoms with Crippen molar-refractivity contribution in [3.63, 3.8) is 0 Å². The molecule has 0 aromatic carbocycles. The van der Waals surface area contributed by atoms with Gasteiger partial charge in [-0.3, -0.25) is 19.3 Å². The molecule has 0 aliphatic carbocycles. The van der Waals surface area contributed by atoms with Crippen LogP contribution in [0.3, 0.4) is 0 Å². The summed E-state index contributed by atoms with van der Waals surface area (Å²) in [6.07, 6.45) is -1.89. The molecule has 2 aliphatic heterocycles. The number of rotatable bonds is 6. The Hall–Kier alpha value is -2.09. The molecule has 40 heavy (non-hydrogen) atoms. The van der Waals surface area contributed by atoms with Crippen LogP contribution in [0, 0.1) is 0 Å². The number of aromatic amines is 2. The van der Waals surface area contributed by atoms with Crippen LogP contribution in [0.25, 0.3) is 11.2 Å². The van der Waals surface area contributed by atoms with Crippen LogP contribution in [0.4, 0.5) is 0 Å². The van der Waals surface area contributed by atoms with Crippen LogP contribution in [0.5, 0.6) is 0 Å². The van der Waals surface area contributed by atoms with Crippen molar-refractivity contribution in [1.82, 2.24) is 19.5 Å². The number of nitrogens with two attached hydrogens (primary N) is 1. The van der Waals surface area contributed by atoms with E-state index in [0.717, 1.165) is 5.41 Å². The summed E-state index contributed by atoms with van der Waals surface area (Å²) >= 11 is 0. The van der Waals surface area contributed by atoms with Gasteiger partial charge >= 0.3 is 5.69 Å². The van der Waals surface area contributed by atoms with Gasteiger partial charge in [0.25, 0.3) is 15.7 Å². The molecule has 0 bridgehead atoms. The smallest absolute Gasteiger partial charge is 0.327 e. The molecule has 1 fully saturated rings. The number of hydrogen-bond acceptors (Lipinski definition) is 10. The molecule has 2 aromatic rings. The molecule has 0 saturated carbocycles. The lowest BCUT2D eigenvalue weighted by Gasteiger charge is -2.43. The van der Waals surface area contributed by atoms with Crippen LogP contribution in [-0.2, 0) is 27.9 Å². The van der Waals surface area contributed by atoms with Crippen LogP contribution in [0.1, 0.15) is 47.8 Å². The Bertz CT molecular complexity index is 1560. The Morgan fingerprint density at radius 3 is 2.20 bits per heavy atom. The predicted molar refractivity (Wildman–Crippen MR) is 155 cm³/mol. The Labute approximate surface area is 235 Å². The van der Waals surface area contributed by atoms with Gasteiger partial charge in [-0.15, -0.1) is 0 Å². The van der Waals surface area contributed by atoms with E-state index in [9.17, 15) is 18.0 Å². The van der Waals surface area contributed by atoms with Gasteiger partial charge in [0, 0.05) is 0 Å². The quantitative estimate of drug-likeness (QED) is 0.323. The van der Waals surface area contributed by atoms with Crippen molar-refractivity contribution in [2.75, 3.05) is 6.61 Å². The molecule has 4 heterocycles. The molecule has 0 amide bonds.